The van der Waals surface area contributed by atoms with Gasteiger partial charge in [0.25, 0.3) is 5.91 Å². The van der Waals surface area contributed by atoms with Crippen molar-refractivity contribution in [3.63, 3.8) is 0 Å². The van der Waals surface area contributed by atoms with Crippen molar-refractivity contribution in [3.8, 4) is 0 Å². The number of benzene rings is 3. The highest BCUT2D eigenvalue weighted by Crippen LogP contribution is 2.41. The Labute approximate surface area is 256 Å². The number of hydrogen-bond acceptors (Lipinski definition) is 2. The first kappa shape index (κ1) is 30.7. The maximum atomic E-state index is 13.8. The molecule has 1 atom stereocenters. The summed E-state index contributed by atoms with van der Waals surface area (Å²) in [5.74, 6) is -2.80. The first-order chi connectivity index (χ1) is 18.8. The van der Waals surface area contributed by atoms with Gasteiger partial charge in [-0.3, -0.25) is 9.59 Å². The molecular formula is C28H20BrCl4F3N2O2. The van der Waals surface area contributed by atoms with E-state index in [2.05, 4.69) is 26.6 Å². The Balaban J connectivity index is 1.45. The molecule has 40 heavy (non-hydrogen) atoms. The number of amides is 2. The van der Waals surface area contributed by atoms with E-state index in [0.29, 0.717) is 27.9 Å². The molecule has 0 radical (unpaired) electrons. The lowest BCUT2D eigenvalue weighted by Crippen LogP contribution is -2.48. The first-order valence-electron chi connectivity index (χ1n) is 11.8. The van der Waals surface area contributed by atoms with Gasteiger partial charge in [0.1, 0.15) is 5.54 Å². The van der Waals surface area contributed by atoms with Crippen molar-refractivity contribution < 1.29 is 22.8 Å². The van der Waals surface area contributed by atoms with Gasteiger partial charge in [-0.15, -0.1) is 0 Å². The third-order valence-electron chi connectivity index (χ3n) is 6.32. The molecule has 2 N–H and O–H groups in total. The number of allylic oxidation sites excluding steroid dienone is 1. The van der Waals surface area contributed by atoms with Gasteiger partial charge in [-0.05, 0) is 81.9 Å². The van der Waals surface area contributed by atoms with E-state index >= 15 is 0 Å². The lowest BCUT2D eigenvalue weighted by atomic mass is 9.97. The Kier molecular flexibility index (Phi) is 9.47. The standard InChI is InChI=1S/C28H20BrCl4F3N2O2/c29-21-11-15(5-7-20(28(34,35)36)17-12-22(31)24(33)23(32)13-17)4-6-19(21)25(39)38-27(8-9-27)26(40)37-14-16-2-1-3-18(30)10-16/h1-7,10-13,20H,8-9,14H2,(H,37,40)(H,38,39). The van der Waals surface area contributed by atoms with Crippen molar-refractivity contribution in [3.05, 3.63) is 107 Å². The Hall–Kier alpha value is -2.23. The Morgan fingerprint density at radius 1 is 1.00 bits per heavy atom. The molecule has 0 spiro atoms. The number of carbonyl (C=O) groups is 2. The molecule has 0 heterocycles. The topological polar surface area (TPSA) is 58.2 Å². The van der Waals surface area contributed by atoms with Crippen molar-refractivity contribution in [2.75, 3.05) is 0 Å². The van der Waals surface area contributed by atoms with Crippen molar-refractivity contribution in [1.82, 2.24) is 10.6 Å². The molecule has 0 aromatic heterocycles. The summed E-state index contributed by atoms with van der Waals surface area (Å²) >= 11 is 27.1. The van der Waals surface area contributed by atoms with Crippen LogP contribution in [0.3, 0.4) is 0 Å². The second-order valence-electron chi connectivity index (χ2n) is 9.27. The van der Waals surface area contributed by atoms with Gasteiger partial charge in [0.15, 0.2) is 0 Å². The number of nitrogens with one attached hydrogen (secondary N) is 2. The van der Waals surface area contributed by atoms with Crippen LogP contribution in [0.4, 0.5) is 13.2 Å². The third-order valence-corrected chi connectivity index (χ3v) is 8.40. The van der Waals surface area contributed by atoms with Gasteiger partial charge in [-0.25, -0.2) is 0 Å². The van der Waals surface area contributed by atoms with E-state index < -0.39 is 23.5 Å². The summed E-state index contributed by atoms with van der Waals surface area (Å²) in [5, 5.41) is 5.97. The Bertz CT molecular complexity index is 1470. The summed E-state index contributed by atoms with van der Waals surface area (Å²) in [4.78, 5) is 25.8. The molecule has 2 amide bonds. The molecule has 0 saturated heterocycles. The van der Waals surface area contributed by atoms with Gasteiger partial charge in [-0.2, -0.15) is 13.2 Å². The summed E-state index contributed by atoms with van der Waals surface area (Å²) in [6.07, 6.45) is -1.40. The molecule has 3 aromatic carbocycles. The highest BCUT2D eigenvalue weighted by molar-refractivity contribution is 9.10. The maximum absolute atomic E-state index is 13.8. The lowest BCUT2D eigenvalue weighted by Gasteiger charge is -2.19. The zero-order valence-electron chi connectivity index (χ0n) is 20.4. The van der Waals surface area contributed by atoms with Crippen LogP contribution in [0.1, 0.15) is 45.8 Å². The van der Waals surface area contributed by atoms with Crippen LogP contribution < -0.4 is 10.6 Å². The lowest BCUT2D eigenvalue weighted by molar-refractivity contribution is -0.139. The molecule has 210 valence electrons. The number of carbonyl (C=O) groups excluding carboxylic acids is 2. The fraction of sp³-hybridized carbons (Fsp3) is 0.214. The highest BCUT2D eigenvalue weighted by atomic mass is 79.9. The Morgan fingerprint density at radius 3 is 2.25 bits per heavy atom. The van der Waals surface area contributed by atoms with E-state index in [-0.39, 0.29) is 38.6 Å². The van der Waals surface area contributed by atoms with Gasteiger partial charge in [0, 0.05) is 16.0 Å². The minimum Gasteiger partial charge on any atom is -0.350 e. The summed E-state index contributed by atoms with van der Waals surface area (Å²) < 4.78 is 41.9. The molecule has 12 heteroatoms. The molecule has 4 nitrogen and oxygen atoms in total. The molecule has 0 aliphatic heterocycles. The minimum absolute atomic E-state index is 0.0265. The van der Waals surface area contributed by atoms with Crippen molar-refractivity contribution in [2.24, 2.45) is 0 Å². The fourth-order valence-corrected chi connectivity index (χ4v) is 5.41. The molecule has 0 bridgehead atoms. The normalized spacial score (nSPS) is 15.1. The monoisotopic (exact) mass is 692 g/mol. The molecule has 1 aliphatic carbocycles. The number of alkyl halides is 3. The molecule has 3 aromatic rings. The molecular weight excluding hydrogens is 675 g/mol. The summed E-state index contributed by atoms with van der Waals surface area (Å²) in [6.45, 7) is 0.259. The molecule has 4 rings (SSSR count). The zero-order valence-corrected chi connectivity index (χ0v) is 25.0. The van der Waals surface area contributed by atoms with Crippen molar-refractivity contribution in [2.45, 2.75) is 37.0 Å². The predicted octanol–water partition coefficient (Wildman–Crippen LogP) is 9.00. The average Bonchev–Trinajstić information content (AvgIpc) is 3.65. The summed E-state index contributed by atoms with van der Waals surface area (Å²) in [7, 11) is 0. The number of halogens is 8. The van der Waals surface area contributed by atoms with Crippen LogP contribution in [0, 0.1) is 0 Å². The number of hydrogen-bond donors (Lipinski definition) is 2. The van der Waals surface area contributed by atoms with Crippen LogP contribution >= 0.6 is 62.3 Å². The predicted molar refractivity (Wildman–Crippen MR) is 156 cm³/mol. The fourth-order valence-electron chi connectivity index (χ4n) is 4.01. The molecule has 1 unspecified atom stereocenters. The number of rotatable bonds is 8. The summed E-state index contributed by atoms with van der Waals surface area (Å²) in [5.41, 5.74) is 0.277. The van der Waals surface area contributed by atoms with Crippen LogP contribution in [-0.4, -0.2) is 23.5 Å². The Morgan fingerprint density at radius 2 is 1.68 bits per heavy atom. The van der Waals surface area contributed by atoms with Crippen LogP contribution in [0.15, 0.2) is 65.1 Å². The second kappa shape index (κ2) is 12.3. The highest BCUT2D eigenvalue weighted by Gasteiger charge is 2.51. The molecule has 1 fully saturated rings. The second-order valence-corrected chi connectivity index (χ2v) is 11.7. The van der Waals surface area contributed by atoms with Crippen LogP contribution in [0.25, 0.3) is 6.08 Å². The van der Waals surface area contributed by atoms with E-state index in [1.54, 1.807) is 18.2 Å². The maximum Gasteiger partial charge on any atom is 0.399 e. The third kappa shape index (κ3) is 7.34. The smallest absolute Gasteiger partial charge is 0.350 e. The SMILES string of the molecule is O=C(NC1(C(=O)NCc2cccc(Cl)c2)CC1)c1ccc(C=CC(c2cc(Cl)c(Cl)c(Cl)c2)C(F)(F)F)cc1Br. The van der Waals surface area contributed by atoms with Gasteiger partial charge in [0.2, 0.25) is 5.91 Å². The first-order valence-corrected chi connectivity index (χ1v) is 14.1. The van der Waals surface area contributed by atoms with Gasteiger partial charge >= 0.3 is 6.18 Å². The van der Waals surface area contributed by atoms with Gasteiger partial charge < -0.3 is 10.6 Å². The van der Waals surface area contributed by atoms with E-state index in [0.717, 1.165) is 23.8 Å². The molecule has 1 saturated carbocycles. The zero-order chi connectivity index (χ0) is 29.2. The van der Waals surface area contributed by atoms with Crippen molar-refractivity contribution >= 4 is 80.2 Å². The average molecular weight is 695 g/mol. The molecule has 1 aliphatic rings. The van der Waals surface area contributed by atoms with Crippen LogP contribution in [-0.2, 0) is 11.3 Å². The largest absolute Gasteiger partial charge is 0.399 e. The van der Waals surface area contributed by atoms with Crippen LogP contribution in [0.5, 0.6) is 0 Å². The van der Waals surface area contributed by atoms with E-state index in [4.69, 9.17) is 46.4 Å². The van der Waals surface area contributed by atoms with E-state index in [9.17, 15) is 22.8 Å². The van der Waals surface area contributed by atoms with E-state index in [1.807, 2.05) is 6.07 Å². The van der Waals surface area contributed by atoms with Gasteiger partial charge in [0.05, 0.1) is 26.5 Å². The van der Waals surface area contributed by atoms with Crippen molar-refractivity contribution in [1.29, 1.82) is 0 Å². The quantitative estimate of drug-likeness (QED) is 0.231. The summed E-state index contributed by atoms with van der Waals surface area (Å²) in [6, 6.07) is 13.8. The minimum atomic E-state index is -4.63. The van der Waals surface area contributed by atoms with Crippen LogP contribution in [0.2, 0.25) is 20.1 Å². The van der Waals surface area contributed by atoms with E-state index in [1.165, 1.54) is 24.3 Å². The van der Waals surface area contributed by atoms with Gasteiger partial charge in [-0.1, -0.05) is 76.8 Å².